The van der Waals surface area contributed by atoms with Crippen molar-refractivity contribution in [3.8, 4) is 28.5 Å². The lowest BCUT2D eigenvalue weighted by atomic mass is 10.1. The van der Waals surface area contributed by atoms with Gasteiger partial charge in [0.25, 0.3) is 0 Å². The summed E-state index contributed by atoms with van der Waals surface area (Å²) in [4.78, 5) is 4.15. The highest BCUT2D eigenvalue weighted by atomic mass is 16.5. The van der Waals surface area contributed by atoms with Crippen LogP contribution in [0.1, 0.15) is 12.8 Å². The summed E-state index contributed by atoms with van der Waals surface area (Å²) >= 11 is 0. The number of benzene rings is 1. The molecule has 1 aromatic carbocycles. The summed E-state index contributed by atoms with van der Waals surface area (Å²) in [5.74, 6) is 2.76. The third kappa shape index (κ3) is 4.17. The van der Waals surface area contributed by atoms with Crippen LogP contribution in [0.25, 0.3) is 11.1 Å². The molecule has 0 amide bonds. The van der Waals surface area contributed by atoms with Crippen LogP contribution in [-0.4, -0.2) is 39.0 Å². The molecular formula is C19H23NO4. The number of ether oxygens (including phenoxy) is 4. The molecule has 5 heteroatoms. The summed E-state index contributed by atoms with van der Waals surface area (Å²) in [6, 6.07) is 9.74. The van der Waals surface area contributed by atoms with E-state index in [1.54, 1.807) is 20.4 Å². The van der Waals surface area contributed by atoms with Gasteiger partial charge in [-0.05, 0) is 48.1 Å². The predicted molar refractivity (Wildman–Crippen MR) is 91.8 cm³/mol. The zero-order valence-corrected chi connectivity index (χ0v) is 14.2. The van der Waals surface area contributed by atoms with Crippen molar-refractivity contribution < 1.29 is 18.9 Å². The van der Waals surface area contributed by atoms with Crippen molar-refractivity contribution in [2.24, 2.45) is 5.92 Å². The number of aromatic nitrogens is 1. The molecule has 2 heterocycles. The molecule has 0 radical (unpaired) electrons. The van der Waals surface area contributed by atoms with E-state index in [1.807, 2.05) is 30.3 Å². The minimum atomic E-state index is 0.582. The standard InChI is InChI=1S/C19H23NO4/c1-21-17-9-16(15-3-6-20-19(11-15)22-2)10-18(12-17)24-8-5-14-4-7-23-13-14/h3,6,9-12,14H,4-5,7-8,13H2,1-2H3. The number of hydrogen-bond donors (Lipinski definition) is 0. The van der Waals surface area contributed by atoms with Gasteiger partial charge in [-0.1, -0.05) is 0 Å². The molecule has 0 bridgehead atoms. The van der Waals surface area contributed by atoms with Gasteiger partial charge in [-0.3, -0.25) is 0 Å². The Morgan fingerprint density at radius 3 is 2.71 bits per heavy atom. The number of pyridine rings is 1. The van der Waals surface area contributed by atoms with Crippen LogP contribution in [0.2, 0.25) is 0 Å². The molecule has 1 saturated heterocycles. The van der Waals surface area contributed by atoms with Gasteiger partial charge in [0.15, 0.2) is 0 Å². The van der Waals surface area contributed by atoms with Crippen LogP contribution in [0.5, 0.6) is 17.4 Å². The Kier molecular flexibility index (Phi) is 5.54. The average Bonchev–Trinajstić information content (AvgIpc) is 3.15. The molecule has 2 aromatic rings. The minimum Gasteiger partial charge on any atom is -0.497 e. The van der Waals surface area contributed by atoms with E-state index >= 15 is 0 Å². The van der Waals surface area contributed by atoms with E-state index in [4.69, 9.17) is 18.9 Å². The quantitative estimate of drug-likeness (QED) is 0.777. The maximum Gasteiger partial charge on any atom is 0.213 e. The van der Waals surface area contributed by atoms with Gasteiger partial charge >= 0.3 is 0 Å². The van der Waals surface area contributed by atoms with Gasteiger partial charge in [0.05, 0.1) is 20.8 Å². The average molecular weight is 329 g/mol. The zero-order valence-electron chi connectivity index (χ0n) is 14.2. The fourth-order valence-electron chi connectivity index (χ4n) is 2.79. The molecule has 1 atom stereocenters. The van der Waals surface area contributed by atoms with Gasteiger partial charge in [0.1, 0.15) is 11.5 Å². The van der Waals surface area contributed by atoms with Crippen LogP contribution in [0, 0.1) is 5.92 Å². The van der Waals surface area contributed by atoms with Crippen molar-refractivity contribution >= 4 is 0 Å². The van der Waals surface area contributed by atoms with Crippen molar-refractivity contribution in [3.63, 3.8) is 0 Å². The summed E-state index contributed by atoms with van der Waals surface area (Å²) in [6.07, 6.45) is 3.87. The molecule has 1 aliphatic rings. The molecule has 1 aromatic heterocycles. The zero-order chi connectivity index (χ0) is 16.8. The monoisotopic (exact) mass is 329 g/mol. The second kappa shape index (κ2) is 8.02. The molecule has 24 heavy (non-hydrogen) atoms. The fraction of sp³-hybridized carbons (Fsp3) is 0.421. The first kappa shape index (κ1) is 16.6. The Bertz CT molecular complexity index is 668. The second-order valence-corrected chi connectivity index (χ2v) is 5.85. The molecule has 1 fully saturated rings. The van der Waals surface area contributed by atoms with Crippen molar-refractivity contribution in [2.45, 2.75) is 12.8 Å². The van der Waals surface area contributed by atoms with E-state index in [1.165, 1.54) is 0 Å². The van der Waals surface area contributed by atoms with Crippen molar-refractivity contribution in [1.29, 1.82) is 0 Å². The van der Waals surface area contributed by atoms with Crippen LogP contribution < -0.4 is 14.2 Å². The van der Waals surface area contributed by atoms with E-state index in [2.05, 4.69) is 4.98 Å². The molecule has 0 saturated carbocycles. The molecule has 3 rings (SSSR count). The lowest BCUT2D eigenvalue weighted by molar-refractivity contribution is 0.178. The molecule has 1 aliphatic heterocycles. The van der Waals surface area contributed by atoms with E-state index in [-0.39, 0.29) is 0 Å². The molecule has 5 nitrogen and oxygen atoms in total. The van der Waals surface area contributed by atoms with Gasteiger partial charge in [-0.2, -0.15) is 0 Å². The molecule has 0 N–H and O–H groups in total. The predicted octanol–water partition coefficient (Wildman–Crippen LogP) is 3.57. The van der Waals surface area contributed by atoms with Gasteiger partial charge in [-0.15, -0.1) is 0 Å². The summed E-state index contributed by atoms with van der Waals surface area (Å²) in [6.45, 7) is 2.40. The van der Waals surface area contributed by atoms with Crippen molar-refractivity contribution in [1.82, 2.24) is 4.98 Å². The van der Waals surface area contributed by atoms with Gasteiger partial charge in [0.2, 0.25) is 5.88 Å². The Labute approximate surface area is 142 Å². The Morgan fingerprint density at radius 2 is 1.96 bits per heavy atom. The van der Waals surface area contributed by atoms with Crippen LogP contribution in [0.15, 0.2) is 36.5 Å². The number of rotatable bonds is 7. The van der Waals surface area contributed by atoms with Crippen LogP contribution >= 0.6 is 0 Å². The van der Waals surface area contributed by atoms with Crippen molar-refractivity contribution in [2.75, 3.05) is 34.0 Å². The highest BCUT2D eigenvalue weighted by Gasteiger charge is 2.15. The van der Waals surface area contributed by atoms with Gasteiger partial charge in [-0.25, -0.2) is 4.98 Å². The highest BCUT2D eigenvalue weighted by Crippen LogP contribution is 2.31. The Morgan fingerprint density at radius 1 is 1.08 bits per heavy atom. The third-order valence-electron chi connectivity index (χ3n) is 4.21. The van der Waals surface area contributed by atoms with Crippen LogP contribution in [-0.2, 0) is 4.74 Å². The first-order valence-electron chi connectivity index (χ1n) is 8.18. The molecular weight excluding hydrogens is 306 g/mol. The van der Waals surface area contributed by atoms with E-state index in [0.29, 0.717) is 18.4 Å². The molecule has 0 aliphatic carbocycles. The number of hydrogen-bond acceptors (Lipinski definition) is 5. The topological polar surface area (TPSA) is 49.8 Å². The number of nitrogens with zero attached hydrogens (tertiary/aromatic N) is 1. The summed E-state index contributed by atoms with van der Waals surface area (Å²) in [5, 5.41) is 0. The fourth-order valence-corrected chi connectivity index (χ4v) is 2.79. The first-order valence-corrected chi connectivity index (χ1v) is 8.18. The second-order valence-electron chi connectivity index (χ2n) is 5.85. The maximum atomic E-state index is 5.95. The van der Waals surface area contributed by atoms with Gasteiger partial charge in [0, 0.05) is 31.5 Å². The summed E-state index contributed by atoms with van der Waals surface area (Å²) < 4.78 is 22.0. The molecule has 128 valence electrons. The smallest absolute Gasteiger partial charge is 0.213 e. The van der Waals surface area contributed by atoms with E-state index < -0.39 is 0 Å². The Hall–Kier alpha value is -2.27. The highest BCUT2D eigenvalue weighted by molar-refractivity contribution is 5.67. The largest absolute Gasteiger partial charge is 0.497 e. The third-order valence-corrected chi connectivity index (χ3v) is 4.21. The SMILES string of the molecule is COc1cc(OCCC2CCOC2)cc(-c2ccnc(OC)c2)c1. The van der Waals surface area contributed by atoms with E-state index in [9.17, 15) is 0 Å². The van der Waals surface area contributed by atoms with E-state index in [0.717, 1.165) is 48.7 Å². The summed E-state index contributed by atoms with van der Waals surface area (Å²) in [7, 11) is 3.27. The van der Waals surface area contributed by atoms with Gasteiger partial charge < -0.3 is 18.9 Å². The van der Waals surface area contributed by atoms with Crippen LogP contribution in [0.3, 0.4) is 0 Å². The maximum absolute atomic E-state index is 5.95. The summed E-state index contributed by atoms with van der Waals surface area (Å²) in [5.41, 5.74) is 2.02. The molecule has 1 unspecified atom stereocenters. The Balaban J connectivity index is 1.74. The normalized spacial score (nSPS) is 16.8. The number of methoxy groups -OCH3 is 2. The minimum absolute atomic E-state index is 0.582. The van der Waals surface area contributed by atoms with Crippen molar-refractivity contribution in [3.05, 3.63) is 36.5 Å². The lowest BCUT2D eigenvalue weighted by Gasteiger charge is -2.13. The lowest BCUT2D eigenvalue weighted by Crippen LogP contribution is -2.07. The van der Waals surface area contributed by atoms with Crippen LogP contribution in [0.4, 0.5) is 0 Å². The first-order chi connectivity index (χ1) is 11.8. The molecule has 0 spiro atoms.